The minimum atomic E-state index is 0.444. The molecule has 0 aliphatic heterocycles. The molecule has 0 spiro atoms. The molecular weight excluding hydrogens is 220 g/mol. The van der Waals surface area contributed by atoms with Crippen LogP contribution in [0.25, 0.3) is 0 Å². The Bertz CT molecular complexity index is 317. The maximum atomic E-state index is 3.67. The lowest BCUT2D eigenvalue weighted by Crippen LogP contribution is -2.36. The number of rotatable bonds is 6. The Balaban J connectivity index is 1.60. The summed E-state index contributed by atoms with van der Waals surface area (Å²) in [5.74, 6) is 0. The summed E-state index contributed by atoms with van der Waals surface area (Å²) in [6.07, 6.45) is 6.99. The fourth-order valence-electron chi connectivity index (χ4n) is 2.73. The Kier molecular flexibility index (Phi) is 5.69. The van der Waals surface area contributed by atoms with E-state index in [9.17, 15) is 0 Å². The van der Waals surface area contributed by atoms with Gasteiger partial charge in [0.2, 0.25) is 0 Å². The summed E-state index contributed by atoms with van der Waals surface area (Å²) in [6, 6.07) is 11.9. The summed E-state index contributed by atoms with van der Waals surface area (Å²) in [4.78, 5) is 0. The molecule has 1 aromatic carbocycles. The molecule has 2 N–H and O–H groups in total. The minimum Gasteiger partial charge on any atom is -0.313 e. The van der Waals surface area contributed by atoms with Crippen LogP contribution in [0, 0.1) is 0 Å². The zero-order chi connectivity index (χ0) is 12.6. The summed E-state index contributed by atoms with van der Waals surface area (Å²) in [6.45, 7) is 4.37. The SMILES string of the molecule is CC(NCCNC1CCCCC1)c1ccccc1. The van der Waals surface area contributed by atoms with Crippen molar-refractivity contribution in [2.24, 2.45) is 0 Å². The molecule has 2 nitrogen and oxygen atoms in total. The molecule has 0 radical (unpaired) electrons. The Morgan fingerprint density at radius 2 is 1.78 bits per heavy atom. The van der Waals surface area contributed by atoms with Crippen molar-refractivity contribution in [1.29, 1.82) is 0 Å². The van der Waals surface area contributed by atoms with Gasteiger partial charge >= 0.3 is 0 Å². The summed E-state index contributed by atoms with van der Waals surface area (Å²) in [5, 5.41) is 7.24. The number of nitrogens with one attached hydrogen (secondary N) is 2. The average molecular weight is 246 g/mol. The van der Waals surface area contributed by atoms with Crippen LogP contribution in [0.15, 0.2) is 30.3 Å². The predicted octanol–water partition coefficient (Wildman–Crippen LogP) is 3.26. The molecule has 1 atom stereocenters. The van der Waals surface area contributed by atoms with Gasteiger partial charge in [-0.25, -0.2) is 0 Å². The van der Waals surface area contributed by atoms with Crippen LogP contribution in [0.1, 0.15) is 50.6 Å². The van der Waals surface area contributed by atoms with E-state index in [4.69, 9.17) is 0 Å². The van der Waals surface area contributed by atoms with Crippen molar-refractivity contribution in [3.8, 4) is 0 Å². The van der Waals surface area contributed by atoms with Crippen molar-refractivity contribution >= 4 is 0 Å². The summed E-state index contributed by atoms with van der Waals surface area (Å²) < 4.78 is 0. The smallest absolute Gasteiger partial charge is 0.0292 e. The van der Waals surface area contributed by atoms with Gasteiger partial charge in [0.15, 0.2) is 0 Å². The van der Waals surface area contributed by atoms with E-state index in [0.717, 1.165) is 19.1 Å². The first-order valence-corrected chi connectivity index (χ1v) is 7.38. The van der Waals surface area contributed by atoms with Crippen LogP contribution in [-0.4, -0.2) is 19.1 Å². The van der Waals surface area contributed by atoms with E-state index in [0.29, 0.717) is 6.04 Å². The molecule has 1 unspecified atom stereocenters. The van der Waals surface area contributed by atoms with Crippen molar-refractivity contribution in [3.05, 3.63) is 35.9 Å². The number of benzene rings is 1. The Hall–Kier alpha value is -0.860. The molecule has 1 aliphatic carbocycles. The van der Waals surface area contributed by atoms with Gasteiger partial charge in [-0.3, -0.25) is 0 Å². The highest BCUT2D eigenvalue weighted by molar-refractivity contribution is 5.17. The monoisotopic (exact) mass is 246 g/mol. The molecule has 1 fully saturated rings. The number of hydrogen-bond acceptors (Lipinski definition) is 2. The molecule has 18 heavy (non-hydrogen) atoms. The molecule has 1 aromatic rings. The topological polar surface area (TPSA) is 24.1 Å². The van der Waals surface area contributed by atoms with Crippen LogP contribution in [0.2, 0.25) is 0 Å². The van der Waals surface area contributed by atoms with Crippen LogP contribution >= 0.6 is 0 Å². The lowest BCUT2D eigenvalue weighted by atomic mass is 9.95. The molecule has 0 amide bonds. The molecule has 2 rings (SSSR count). The van der Waals surface area contributed by atoms with E-state index in [1.165, 1.54) is 37.7 Å². The van der Waals surface area contributed by atoms with Crippen LogP contribution in [0.5, 0.6) is 0 Å². The largest absolute Gasteiger partial charge is 0.313 e. The van der Waals surface area contributed by atoms with Gasteiger partial charge in [0.25, 0.3) is 0 Å². The van der Waals surface area contributed by atoms with Gasteiger partial charge in [-0.1, -0.05) is 49.6 Å². The van der Waals surface area contributed by atoms with Gasteiger partial charge < -0.3 is 10.6 Å². The standard InChI is InChI=1S/C16H26N2/c1-14(15-8-4-2-5-9-15)17-12-13-18-16-10-6-3-7-11-16/h2,4-5,8-9,14,16-18H,3,6-7,10-13H2,1H3. The van der Waals surface area contributed by atoms with Gasteiger partial charge in [-0.2, -0.15) is 0 Å². The highest BCUT2D eigenvalue weighted by Crippen LogP contribution is 2.17. The summed E-state index contributed by atoms with van der Waals surface area (Å²) >= 11 is 0. The number of hydrogen-bond donors (Lipinski definition) is 2. The van der Waals surface area contributed by atoms with Crippen molar-refractivity contribution in [1.82, 2.24) is 10.6 Å². The molecule has 1 saturated carbocycles. The first kappa shape index (κ1) is 13.6. The fraction of sp³-hybridized carbons (Fsp3) is 0.625. The third kappa shape index (κ3) is 4.43. The summed E-state index contributed by atoms with van der Waals surface area (Å²) in [5.41, 5.74) is 1.37. The van der Waals surface area contributed by atoms with Crippen LogP contribution in [-0.2, 0) is 0 Å². The predicted molar refractivity (Wildman–Crippen MR) is 77.7 cm³/mol. The van der Waals surface area contributed by atoms with Crippen LogP contribution in [0.3, 0.4) is 0 Å². The fourth-order valence-corrected chi connectivity index (χ4v) is 2.73. The van der Waals surface area contributed by atoms with Gasteiger partial charge in [0.1, 0.15) is 0 Å². The van der Waals surface area contributed by atoms with E-state index in [-0.39, 0.29) is 0 Å². The van der Waals surface area contributed by atoms with E-state index in [1.807, 2.05) is 0 Å². The summed E-state index contributed by atoms with van der Waals surface area (Å²) in [7, 11) is 0. The Morgan fingerprint density at radius 1 is 1.06 bits per heavy atom. The third-order valence-electron chi connectivity index (χ3n) is 3.91. The van der Waals surface area contributed by atoms with E-state index in [1.54, 1.807) is 0 Å². The van der Waals surface area contributed by atoms with Crippen molar-refractivity contribution in [2.45, 2.75) is 51.1 Å². The van der Waals surface area contributed by atoms with Crippen LogP contribution in [0.4, 0.5) is 0 Å². The van der Waals surface area contributed by atoms with Crippen LogP contribution < -0.4 is 10.6 Å². The lowest BCUT2D eigenvalue weighted by molar-refractivity contribution is 0.370. The highest BCUT2D eigenvalue weighted by atomic mass is 15.0. The Morgan fingerprint density at radius 3 is 2.50 bits per heavy atom. The van der Waals surface area contributed by atoms with Crippen molar-refractivity contribution in [3.63, 3.8) is 0 Å². The zero-order valence-corrected chi connectivity index (χ0v) is 11.5. The molecule has 0 heterocycles. The molecule has 0 bridgehead atoms. The quantitative estimate of drug-likeness (QED) is 0.753. The van der Waals surface area contributed by atoms with E-state index >= 15 is 0 Å². The molecule has 2 heteroatoms. The second-order valence-corrected chi connectivity index (χ2v) is 5.38. The minimum absolute atomic E-state index is 0.444. The zero-order valence-electron chi connectivity index (χ0n) is 11.5. The van der Waals surface area contributed by atoms with E-state index < -0.39 is 0 Å². The molecule has 100 valence electrons. The second-order valence-electron chi connectivity index (χ2n) is 5.38. The van der Waals surface area contributed by atoms with Gasteiger partial charge in [-0.15, -0.1) is 0 Å². The van der Waals surface area contributed by atoms with Gasteiger partial charge in [-0.05, 0) is 25.3 Å². The highest BCUT2D eigenvalue weighted by Gasteiger charge is 2.12. The first-order chi connectivity index (χ1) is 8.86. The molecular formula is C16H26N2. The maximum Gasteiger partial charge on any atom is 0.0292 e. The normalized spacial score (nSPS) is 18.7. The van der Waals surface area contributed by atoms with Crippen molar-refractivity contribution in [2.75, 3.05) is 13.1 Å². The molecule has 0 aromatic heterocycles. The first-order valence-electron chi connectivity index (χ1n) is 7.38. The lowest BCUT2D eigenvalue weighted by Gasteiger charge is -2.23. The average Bonchev–Trinajstić information content (AvgIpc) is 2.45. The van der Waals surface area contributed by atoms with Crippen molar-refractivity contribution < 1.29 is 0 Å². The van der Waals surface area contributed by atoms with E-state index in [2.05, 4.69) is 47.9 Å². The second kappa shape index (κ2) is 7.55. The third-order valence-corrected chi connectivity index (χ3v) is 3.91. The van der Waals surface area contributed by atoms with Gasteiger partial charge in [0.05, 0.1) is 0 Å². The Labute approximate surface area is 111 Å². The molecule has 1 aliphatic rings. The maximum absolute atomic E-state index is 3.67. The van der Waals surface area contributed by atoms with Gasteiger partial charge in [0, 0.05) is 25.2 Å². The molecule has 0 saturated heterocycles.